The largest absolute Gasteiger partial charge is 0.336 e. The summed E-state index contributed by atoms with van der Waals surface area (Å²) in [5, 5.41) is 2.95. The number of carbonyl (C=O) groups is 1. The fourth-order valence-corrected chi connectivity index (χ4v) is 1.23. The van der Waals surface area contributed by atoms with Crippen LogP contribution >= 0.6 is 0 Å². The summed E-state index contributed by atoms with van der Waals surface area (Å²) >= 11 is 0. The van der Waals surface area contributed by atoms with Crippen LogP contribution in [0.1, 0.15) is 26.7 Å². The Morgan fingerprint density at radius 1 is 1.62 bits per heavy atom. The average molecular weight is 182 g/mol. The maximum Gasteiger partial charge on any atom is 0.317 e. The van der Waals surface area contributed by atoms with Crippen molar-refractivity contribution in [3.05, 3.63) is 12.2 Å². The normalized spacial score (nSPS) is 18.5. The minimum absolute atomic E-state index is 0.0682. The lowest BCUT2D eigenvalue weighted by atomic mass is 10.2. The number of nitrogens with one attached hydrogen (secondary N) is 1. The van der Waals surface area contributed by atoms with E-state index in [4.69, 9.17) is 0 Å². The number of carbonyl (C=O) groups excluding carboxylic acids is 1. The van der Waals surface area contributed by atoms with E-state index < -0.39 is 0 Å². The Morgan fingerprint density at radius 3 is 2.92 bits per heavy atom. The second-order valence-corrected chi connectivity index (χ2v) is 3.46. The molecule has 1 aliphatic heterocycles. The maximum atomic E-state index is 11.5. The van der Waals surface area contributed by atoms with E-state index in [9.17, 15) is 4.79 Å². The van der Waals surface area contributed by atoms with Crippen molar-refractivity contribution in [2.45, 2.75) is 32.7 Å². The van der Waals surface area contributed by atoms with Crippen molar-refractivity contribution < 1.29 is 4.79 Å². The first-order valence-corrected chi connectivity index (χ1v) is 4.94. The predicted octanol–water partition coefficient (Wildman–Crippen LogP) is 1.76. The molecule has 0 bridgehead atoms. The quantitative estimate of drug-likeness (QED) is 0.648. The third-order valence-corrected chi connectivity index (χ3v) is 2.33. The van der Waals surface area contributed by atoms with E-state index in [0.29, 0.717) is 0 Å². The van der Waals surface area contributed by atoms with E-state index >= 15 is 0 Å². The van der Waals surface area contributed by atoms with Gasteiger partial charge in [0.1, 0.15) is 0 Å². The molecule has 1 N–H and O–H groups in total. The summed E-state index contributed by atoms with van der Waals surface area (Å²) in [7, 11) is 0. The van der Waals surface area contributed by atoms with Crippen molar-refractivity contribution in [2.24, 2.45) is 0 Å². The first-order chi connectivity index (χ1) is 6.24. The summed E-state index contributed by atoms with van der Waals surface area (Å²) in [6, 6.07) is 0.345. The van der Waals surface area contributed by atoms with Gasteiger partial charge in [0.25, 0.3) is 0 Å². The van der Waals surface area contributed by atoms with Crippen LogP contribution in [0.15, 0.2) is 12.2 Å². The first kappa shape index (κ1) is 10.1. The molecule has 0 spiro atoms. The summed E-state index contributed by atoms with van der Waals surface area (Å²) in [6.07, 6.45) is 6.12. The molecule has 0 aromatic rings. The molecular weight excluding hydrogens is 164 g/mol. The van der Waals surface area contributed by atoms with Crippen LogP contribution < -0.4 is 5.32 Å². The lowest BCUT2D eigenvalue weighted by Gasteiger charge is -2.25. The van der Waals surface area contributed by atoms with E-state index in [0.717, 1.165) is 25.9 Å². The lowest BCUT2D eigenvalue weighted by molar-refractivity contribution is 0.199. The lowest BCUT2D eigenvalue weighted by Crippen LogP contribution is -2.44. The van der Waals surface area contributed by atoms with E-state index in [-0.39, 0.29) is 12.1 Å². The van der Waals surface area contributed by atoms with Crippen LogP contribution in [0, 0.1) is 0 Å². The highest BCUT2D eigenvalue weighted by atomic mass is 16.2. The van der Waals surface area contributed by atoms with E-state index in [1.54, 1.807) is 0 Å². The molecule has 2 amide bonds. The number of hydrogen-bond donors (Lipinski definition) is 1. The van der Waals surface area contributed by atoms with Gasteiger partial charge in [-0.15, -0.1) is 0 Å². The van der Waals surface area contributed by atoms with Gasteiger partial charge in [0.05, 0.1) is 0 Å². The zero-order valence-corrected chi connectivity index (χ0v) is 8.42. The highest BCUT2D eigenvalue weighted by Crippen LogP contribution is 2.01. The second kappa shape index (κ2) is 4.90. The summed E-state index contributed by atoms with van der Waals surface area (Å²) in [5.74, 6) is 0. The molecule has 0 radical (unpaired) electrons. The number of amides is 2. The number of nitrogens with zero attached hydrogens (tertiary/aromatic N) is 1. The number of urea groups is 1. The van der Waals surface area contributed by atoms with Crippen LogP contribution in [0.5, 0.6) is 0 Å². The molecule has 3 nitrogen and oxygen atoms in total. The van der Waals surface area contributed by atoms with Gasteiger partial charge < -0.3 is 10.2 Å². The van der Waals surface area contributed by atoms with E-state index in [1.807, 2.05) is 17.9 Å². The smallest absolute Gasteiger partial charge is 0.317 e. The summed E-state index contributed by atoms with van der Waals surface area (Å²) in [6.45, 7) is 5.69. The minimum Gasteiger partial charge on any atom is -0.336 e. The van der Waals surface area contributed by atoms with Crippen molar-refractivity contribution >= 4 is 6.03 Å². The van der Waals surface area contributed by atoms with Gasteiger partial charge >= 0.3 is 6.03 Å². The predicted molar refractivity (Wildman–Crippen MR) is 53.6 cm³/mol. The van der Waals surface area contributed by atoms with Gasteiger partial charge in [-0.25, -0.2) is 4.79 Å². The fourth-order valence-electron chi connectivity index (χ4n) is 1.23. The molecule has 3 heteroatoms. The molecule has 1 atom stereocenters. The second-order valence-electron chi connectivity index (χ2n) is 3.46. The van der Waals surface area contributed by atoms with E-state index in [2.05, 4.69) is 18.3 Å². The third-order valence-electron chi connectivity index (χ3n) is 2.33. The molecule has 13 heavy (non-hydrogen) atoms. The summed E-state index contributed by atoms with van der Waals surface area (Å²) in [5.41, 5.74) is 0. The number of rotatable bonds is 2. The van der Waals surface area contributed by atoms with Crippen LogP contribution in [0.3, 0.4) is 0 Å². The Morgan fingerprint density at radius 2 is 2.38 bits per heavy atom. The molecule has 0 aliphatic carbocycles. The molecule has 1 rings (SSSR count). The maximum absolute atomic E-state index is 11.5. The van der Waals surface area contributed by atoms with Crippen LogP contribution in [-0.2, 0) is 0 Å². The zero-order valence-electron chi connectivity index (χ0n) is 8.42. The molecule has 0 aromatic carbocycles. The highest BCUT2D eigenvalue weighted by molar-refractivity contribution is 5.74. The molecule has 74 valence electrons. The van der Waals surface area contributed by atoms with Gasteiger partial charge in [-0.05, 0) is 19.8 Å². The van der Waals surface area contributed by atoms with Crippen LogP contribution in [0.2, 0.25) is 0 Å². The molecular formula is C10H18N2O. The van der Waals surface area contributed by atoms with Gasteiger partial charge in [-0.3, -0.25) is 0 Å². The van der Waals surface area contributed by atoms with Gasteiger partial charge in [0, 0.05) is 19.1 Å². The Hall–Kier alpha value is -0.990. The SMILES string of the molecule is CCC(C)NC(=O)N1CC=CCC1. The van der Waals surface area contributed by atoms with Crippen molar-refractivity contribution in [1.29, 1.82) is 0 Å². The minimum atomic E-state index is 0.0682. The van der Waals surface area contributed by atoms with Crippen LogP contribution in [-0.4, -0.2) is 30.1 Å². The van der Waals surface area contributed by atoms with Gasteiger partial charge in [0.2, 0.25) is 0 Å². The molecule has 1 heterocycles. The van der Waals surface area contributed by atoms with Crippen molar-refractivity contribution in [1.82, 2.24) is 10.2 Å². The molecule has 0 saturated heterocycles. The summed E-state index contributed by atoms with van der Waals surface area (Å²) in [4.78, 5) is 13.4. The number of hydrogen-bond acceptors (Lipinski definition) is 1. The average Bonchev–Trinajstić information content (AvgIpc) is 2.19. The highest BCUT2D eigenvalue weighted by Gasteiger charge is 2.14. The zero-order chi connectivity index (χ0) is 9.68. The Balaban J connectivity index is 2.34. The van der Waals surface area contributed by atoms with Crippen molar-refractivity contribution in [2.75, 3.05) is 13.1 Å². The van der Waals surface area contributed by atoms with E-state index in [1.165, 1.54) is 0 Å². The van der Waals surface area contributed by atoms with Gasteiger partial charge in [0.15, 0.2) is 0 Å². The van der Waals surface area contributed by atoms with Gasteiger partial charge in [-0.1, -0.05) is 19.1 Å². The van der Waals surface area contributed by atoms with Crippen molar-refractivity contribution in [3.63, 3.8) is 0 Å². The Labute approximate surface area is 79.8 Å². The molecule has 0 aromatic heterocycles. The topological polar surface area (TPSA) is 32.3 Å². The Bertz CT molecular complexity index is 201. The molecule has 0 fully saturated rings. The Kier molecular flexibility index (Phi) is 3.80. The van der Waals surface area contributed by atoms with Crippen LogP contribution in [0.25, 0.3) is 0 Å². The monoisotopic (exact) mass is 182 g/mol. The van der Waals surface area contributed by atoms with Gasteiger partial charge in [-0.2, -0.15) is 0 Å². The standard InChI is InChI=1S/C10H18N2O/c1-3-9(2)11-10(13)12-7-5-4-6-8-12/h4-5,9H,3,6-8H2,1-2H3,(H,11,13). The summed E-state index contributed by atoms with van der Waals surface area (Å²) < 4.78 is 0. The fraction of sp³-hybridized carbons (Fsp3) is 0.700. The van der Waals surface area contributed by atoms with Crippen LogP contribution in [0.4, 0.5) is 4.79 Å². The van der Waals surface area contributed by atoms with Crippen molar-refractivity contribution in [3.8, 4) is 0 Å². The molecule has 0 saturated carbocycles. The first-order valence-electron chi connectivity index (χ1n) is 4.94. The molecule has 1 aliphatic rings. The third kappa shape index (κ3) is 3.09. The molecule has 1 unspecified atom stereocenters.